The Morgan fingerprint density at radius 3 is 2.49 bits per heavy atom. The van der Waals surface area contributed by atoms with Gasteiger partial charge in [0, 0.05) is 23.2 Å². The van der Waals surface area contributed by atoms with E-state index in [2.05, 4.69) is 5.32 Å². The molecule has 3 aromatic carbocycles. The second-order valence-corrected chi connectivity index (χ2v) is 8.84. The van der Waals surface area contributed by atoms with Gasteiger partial charge in [-0.05, 0) is 54.4 Å². The van der Waals surface area contributed by atoms with Crippen molar-refractivity contribution in [2.45, 2.75) is 19.5 Å². The molecule has 1 atom stereocenters. The summed E-state index contributed by atoms with van der Waals surface area (Å²) < 4.78 is 13.7. The van der Waals surface area contributed by atoms with E-state index in [1.807, 2.05) is 48.0 Å². The van der Waals surface area contributed by atoms with Crippen LogP contribution in [0.25, 0.3) is 10.9 Å². The number of aromatic nitrogens is 1. The predicted octanol–water partition coefficient (Wildman–Crippen LogP) is 5.30. The Bertz CT molecular complexity index is 1410. The van der Waals surface area contributed by atoms with Crippen LogP contribution in [0.2, 0.25) is 5.02 Å². The van der Waals surface area contributed by atoms with E-state index in [0.29, 0.717) is 41.8 Å². The number of amides is 1. The molecule has 178 valence electrons. The van der Waals surface area contributed by atoms with Crippen molar-refractivity contribution in [2.24, 2.45) is 0 Å². The molecule has 7 nitrogen and oxygen atoms in total. The Hall–Kier alpha value is -3.97. The zero-order chi connectivity index (χ0) is 24.5. The lowest BCUT2D eigenvalue weighted by molar-refractivity contribution is 0.0696. The van der Waals surface area contributed by atoms with E-state index >= 15 is 0 Å². The number of benzene rings is 3. The van der Waals surface area contributed by atoms with Crippen LogP contribution in [0.1, 0.15) is 44.8 Å². The Morgan fingerprint density at radius 2 is 1.77 bits per heavy atom. The zero-order valence-corrected chi connectivity index (χ0v) is 19.7. The monoisotopic (exact) mass is 490 g/mol. The van der Waals surface area contributed by atoms with Gasteiger partial charge in [-0.2, -0.15) is 0 Å². The summed E-state index contributed by atoms with van der Waals surface area (Å²) in [5.41, 5.74) is 3.25. The number of nitrogens with zero attached hydrogens (tertiary/aromatic N) is 1. The average Bonchev–Trinajstić information content (AvgIpc) is 3.28. The maximum Gasteiger partial charge on any atom is 0.335 e. The van der Waals surface area contributed by atoms with Gasteiger partial charge in [-0.15, -0.1) is 0 Å². The number of carboxylic acids is 1. The molecule has 0 fully saturated rings. The summed E-state index contributed by atoms with van der Waals surface area (Å²) in [6, 6.07) is 17.4. The topological polar surface area (TPSA) is 89.8 Å². The minimum atomic E-state index is -0.992. The third-order valence-electron chi connectivity index (χ3n) is 6.07. The lowest BCUT2D eigenvalue weighted by Gasteiger charge is -2.22. The Balaban J connectivity index is 1.51. The number of aromatic carboxylic acids is 1. The lowest BCUT2D eigenvalue weighted by atomic mass is 10.0. The molecule has 2 N–H and O–H groups in total. The van der Waals surface area contributed by atoms with Crippen LogP contribution in [-0.4, -0.2) is 34.8 Å². The molecule has 8 heteroatoms. The molecule has 35 heavy (non-hydrogen) atoms. The lowest BCUT2D eigenvalue weighted by Crippen LogP contribution is -2.27. The number of ether oxygens (including phenoxy) is 2. The summed E-state index contributed by atoms with van der Waals surface area (Å²) in [5.74, 6) is -0.0854. The van der Waals surface area contributed by atoms with Gasteiger partial charge in [0.25, 0.3) is 5.91 Å². The first kappa shape index (κ1) is 22.8. The zero-order valence-electron chi connectivity index (χ0n) is 19.0. The van der Waals surface area contributed by atoms with Crippen LogP contribution in [0.15, 0.2) is 66.9 Å². The second kappa shape index (κ2) is 9.35. The van der Waals surface area contributed by atoms with Crippen molar-refractivity contribution in [1.29, 1.82) is 0 Å². The third-order valence-corrected chi connectivity index (χ3v) is 6.32. The van der Waals surface area contributed by atoms with Crippen molar-refractivity contribution in [2.75, 3.05) is 13.2 Å². The molecule has 1 amide bonds. The molecular formula is C27H23ClN2O5. The van der Waals surface area contributed by atoms with E-state index in [0.717, 1.165) is 22.0 Å². The summed E-state index contributed by atoms with van der Waals surface area (Å²) >= 11 is 6.04. The van der Waals surface area contributed by atoms with Crippen molar-refractivity contribution in [3.05, 3.63) is 94.1 Å². The van der Waals surface area contributed by atoms with Crippen LogP contribution in [0.4, 0.5) is 0 Å². The number of halogens is 1. The standard InChI is InChI=1S/C27H23ClN2O5/c1-16(18-4-6-19(7-5-18)27(32)33)29-26(31)22-14-23-25(35-13-12-34-23)21-10-11-30(24(21)22)15-17-2-8-20(28)9-3-17/h2-11,14,16H,12-13,15H2,1H3,(H,29,31)(H,32,33)/t16-/m0/s1. The first-order valence-electron chi connectivity index (χ1n) is 11.2. The van der Waals surface area contributed by atoms with Gasteiger partial charge in [-0.1, -0.05) is 35.9 Å². The molecule has 5 rings (SSSR count). The van der Waals surface area contributed by atoms with E-state index < -0.39 is 5.97 Å². The molecule has 0 unspecified atom stereocenters. The fourth-order valence-corrected chi connectivity index (χ4v) is 4.39. The minimum Gasteiger partial charge on any atom is -0.486 e. The third kappa shape index (κ3) is 4.55. The van der Waals surface area contributed by atoms with Crippen molar-refractivity contribution in [3.8, 4) is 11.5 Å². The highest BCUT2D eigenvalue weighted by molar-refractivity contribution is 6.30. The number of hydrogen-bond acceptors (Lipinski definition) is 4. The normalized spacial score (nSPS) is 13.4. The predicted molar refractivity (Wildman–Crippen MR) is 133 cm³/mol. The van der Waals surface area contributed by atoms with E-state index in [9.17, 15) is 9.59 Å². The SMILES string of the molecule is C[C@H](NC(=O)c1cc2c(c3ccn(Cc4ccc(Cl)cc4)c13)OCCO2)c1ccc(C(=O)O)cc1. The minimum absolute atomic E-state index is 0.195. The highest BCUT2D eigenvalue weighted by atomic mass is 35.5. The fraction of sp³-hybridized carbons (Fsp3) is 0.185. The number of nitrogens with one attached hydrogen (secondary N) is 1. The van der Waals surface area contributed by atoms with Gasteiger partial charge < -0.3 is 24.5 Å². The van der Waals surface area contributed by atoms with Gasteiger partial charge in [0.15, 0.2) is 11.5 Å². The van der Waals surface area contributed by atoms with Gasteiger partial charge in [0.2, 0.25) is 0 Å². The summed E-state index contributed by atoms with van der Waals surface area (Å²) in [4.78, 5) is 24.7. The van der Waals surface area contributed by atoms with Crippen molar-refractivity contribution in [1.82, 2.24) is 9.88 Å². The molecule has 2 heterocycles. The Labute approximate surface area is 206 Å². The maximum absolute atomic E-state index is 13.5. The van der Waals surface area contributed by atoms with Crippen LogP contribution in [0.3, 0.4) is 0 Å². The van der Waals surface area contributed by atoms with Gasteiger partial charge >= 0.3 is 5.97 Å². The number of fused-ring (bicyclic) bond motifs is 3. The summed E-state index contributed by atoms with van der Waals surface area (Å²) in [7, 11) is 0. The molecule has 4 aromatic rings. The molecule has 1 aromatic heterocycles. The number of carbonyl (C=O) groups is 2. The molecule has 0 bridgehead atoms. The van der Waals surface area contributed by atoms with Crippen molar-refractivity contribution in [3.63, 3.8) is 0 Å². The molecule has 0 aliphatic carbocycles. The average molecular weight is 491 g/mol. The van der Waals surface area contributed by atoms with E-state index in [-0.39, 0.29) is 17.5 Å². The smallest absolute Gasteiger partial charge is 0.335 e. The highest BCUT2D eigenvalue weighted by Gasteiger charge is 2.25. The largest absolute Gasteiger partial charge is 0.486 e. The fourth-order valence-electron chi connectivity index (χ4n) is 4.27. The van der Waals surface area contributed by atoms with Gasteiger partial charge in [-0.3, -0.25) is 4.79 Å². The summed E-state index contributed by atoms with van der Waals surface area (Å²) in [5, 5.41) is 13.6. The quantitative estimate of drug-likeness (QED) is 0.382. The summed E-state index contributed by atoms with van der Waals surface area (Å²) in [6.45, 7) is 3.26. The molecule has 0 radical (unpaired) electrons. The Kier molecular flexibility index (Phi) is 6.09. The number of rotatable bonds is 6. The van der Waals surface area contributed by atoms with E-state index in [4.69, 9.17) is 26.2 Å². The summed E-state index contributed by atoms with van der Waals surface area (Å²) in [6.07, 6.45) is 1.93. The number of hydrogen-bond donors (Lipinski definition) is 2. The van der Waals surface area contributed by atoms with Crippen LogP contribution < -0.4 is 14.8 Å². The first-order valence-corrected chi connectivity index (χ1v) is 11.6. The molecule has 0 saturated heterocycles. The maximum atomic E-state index is 13.5. The van der Waals surface area contributed by atoms with Crippen molar-refractivity contribution < 1.29 is 24.2 Å². The van der Waals surface area contributed by atoms with Crippen LogP contribution in [0.5, 0.6) is 11.5 Å². The number of carbonyl (C=O) groups excluding carboxylic acids is 1. The second-order valence-electron chi connectivity index (χ2n) is 8.40. The van der Waals surface area contributed by atoms with Gasteiger partial charge in [0.05, 0.1) is 22.7 Å². The van der Waals surface area contributed by atoms with Crippen LogP contribution in [-0.2, 0) is 6.54 Å². The van der Waals surface area contributed by atoms with E-state index in [1.165, 1.54) is 12.1 Å². The van der Waals surface area contributed by atoms with Gasteiger partial charge in [-0.25, -0.2) is 4.79 Å². The van der Waals surface area contributed by atoms with E-state index in [1.54, 1.807) is 18.2 Å². The van der Waals surface area contributed by atoms with Crippen LogP contribution in [0, 0.1) is 0 Å². The molecular weight excluding hydrogens is 468 g/mol. The molecule has 1 aliphatic heterocycles. The van der Waals surface area contributed by atoms with Crippen molar-refractivity contribution >= 4 is 34.4 Å². The highest BCUT2D eigenvalue weighted by Crippen LogP contribution is 2.40. The number of carboxylic acid groups (broad SMARTS) is 1. The first-order chi connectivity index (χ1) is 16.9. The Morgan fingerprint density at radius 1 is 1.06 bits per heavy atom. The van der Waals surface area contributed by atoms with Gasteiger partial charge in [0.1, 0.15) is 13.2 Å². The molecule has 1 aliphatic rings. The van der Waals surface area contributed by atoms with Crippen LogP contribution >= 0.6 is 11.6 Å². The molecule has 0 saturated carbocycles. The molecule has 0 spiro atoms.